The van der Waals surface area contributed by atoms with E-state index in [0.29, 0.717) is 0 Å². The Balaban J connectivity index is 2.49. The van der Waals surface area contributed by atoms with Gasteiger partial charge in [-0.1, -0.05) is 25.5 Å². The lowest BCUT2D eigenvalue weighted by Crippen LogP contribution is -2.27. The molecule has 1 atom stereocenters. The average Bonchev–Trinajstić information content (AvgIpc) is 1.88. The number of rotatable bonds is 1. The molecule has 1 heterocycles. The average molecular weight is 125 g/mol. The van der Waals surface area contributed by atoms with E-state index in [1.165, 1.54) is 6.42 Å². The van der Waals surface area contributed by atoms with Gasteiger partial charge in [-0.25, -0.2) is 0 Å². The molecule has 0 unspecified atom stereocenters. The van der Waals surface area contributed by atoms with Crippen LogP contribution in [0.15, 0.2) is 11.6 Å². The van der Waals surface area contributed by atoms with Gasteiger partial charge < -0.3 is 5.32 Å². The molecule has 0 aliphatic carbocycles. The molecule has 1 rings (SSSR count). The molecule has 0 aromatic carbocycles. The van der Waals surface area contributed by atoms with Crippen molar-refractivity contribution in [2.75, 3.05) is 13.1 Å². The van der Waals surface area contributed by atoms with Gasteiger partial charge in [0.15, 0.2) is 0 Å². The van der Waals surface area contributed by atoms with Crippen molar-refractivity contribution in [2.45, 2.75) is 20.3 Å². The molecule has 1 heteroatoms. The zero-order chi connectivity index (χ0) is 6.69. The second-order valence-corrected chi connectivity index (χ2v) is 2.79. The van der Waals surface area contributed by atoms with Crippen molar-refractivity contribution in [3.63, 3.8) is 0 Å². The van der Waals surface area contributed by atoms with Crippen LogP contribution in [-0.2, 0) is 0 Å². The number of nitrogens with one attached hydrogen (secondary N) is 1. The first-order valence-electron chi connectivity index (χ1n) is 3.73. The van der Waals surface area contributed by atoms with Crippen LogP contribution in [0.1, 0.15) is 20.3 Å². The highest BCUT2D eigenvalue weighted by Crippen LogP contribution is 2.09. The zero-order valence-electron chi connectivity index (χ0n) is 6.28. The largest absolute Gasteiger partial charge is 0.312 e. The van der Waals surface area contributed by atoms with Crippen molar-refractivity contribution in [3.05, 3.63) is 11.6 Å². The summed E-state index contributed by atoms with van der Waals surface area (Å²) in [7, 11) is 0. The zero-order valence-corrected chi connectivity index (χ0v) is 6.28. The highest BCUT2D eigenvalue weighted by Gasteiger charge is 2.05. The molecule has 0 aromatic rings. The number of hydrogen-bond donors (Lipinski definition) is 1. The summed E-state index contributed by atoms with van der Waals surface area (Å²) < 4.78 is 0. The fourth-order valence-electron chi connectivity index (χ4n) is 1.22. The minimum atomic E-state index is 0.744. The molecule has 1 aliphatic rings. The predicted octanol–water partition coefficient (Wildman–Crippen LogP) is 1.56. The topological polar surface area (TPSA) is 12.0 Å². The Bertz CT molecular complexity index is 116. The van der Waals surface area contributed by atoms with Gasteiger partial charge in [-0.3, -0.25) is 0 Å². The quantitative estimate of drug-likeness (QED) is 0.524. The van der Waals surface area contributed by atoms with Crippen LogP contribution in [0.3, 0.4) is 0 Å². The monoisotopic (exact) mass is 125 g/mol. The molecule has 52 valence electrons. The summed E-state index contributed by atoms with van der Waals surface area (Å²) in [6, 6.07) is 0. The second kappa shape index (κ2) is 3.02. The Morgan fingerprint density at radius 3 is 3.00 bits per heavy atom. The van der Waals surface area contributed by atoms with Crippen molar-refractivity contribution < 1.29 is 0 Å². The maximum absolute atomic E-state index is 3.37. The van der Waals surface area contributed by atoms with Crippen LogP contribution >= 0.6 is 0 Å². The van der Waals surface area contributed by atoms with Crippen LogP contribution < -0.4 is 5.32 Å². The first-order chi connectivity index (χ1) is 4.33. The minimum Gasteiger partial charge on any atom is -0.312 e. The van der Waals surface area contributed by atoms with E-state index in [1.807, 2.05) is 0 Å². The van der Waals surface area contributed by atoms with Crippen LogP contribution in [0, 0.1) is 5.92 Å². The third-order valence-electron chi connectivity index (χ3n) is 1.79. The van der Waals surface area contributed by atoms with E-state index in [4.69, 9.17) is 0 Å². The van der Waals surface area contributed by atoms with Gasteiger partial charge in [0.1, 0.15) is 0 Å². The molecule has 0 bridgehead atoms. The molecular formula is C8H15N. The van der Waals surface area contributed by atoms with Crippen molar-refractivity contribution in [3.8, 4) is 0 Å². The summed E-state index contributed by atoms with van der Waals surface area (Å²) in [4.78, 5) is 0. The van der Waals surface area contributed by atoms with Crippen molar-refractivity contribution in [2.24, 2.45) is 5.92 Å². The SMILES string of the molecule is CCC1=C[C@@H](C)CNC1. The van der Waals surface area contributed by atoms with Crippen molar-refractivity contribution >= 4 is 0 Å². The third kappa shape index (κ3) is 1.83. The molecule has 0 radical (unpaired) electrons. The lowest BCUT2D eigenvalue weighted by molar-refractivity contribution is 0.575. The van der Waals surface area contributed by atoms with E-state index in [-0.39, 0.29) is 0 Å². The highest BCUT2D eigenvalue weighted by atomic mass is 14.9. The summed E-state index contributed by atoms with van der Waals surface area (Å²) in [6.45, 7) is 6.73. The summed E-state index contributed by atoms with van der Waals surface area (Å²) in [5.74, 6) is 0.744. The maximum atomic E-state index is 3.37. The van der Waals surface area contributed by atoms with Crippen molar-refractivity contribution in [1.82, 2.24) is 5.32 Å². The molecule has 1 N–H and O–H groups in total. The fraction of sp³-hybridized carbons (Fsp3) is 0.750. The summed E-state index contributed by atoms with van der Waals surface area (Å²) in [5, 5.41) is 3.37. The molecule has 0 fully saturated rings. The lowest BCUT2D eigenvalue weighted by atomic mass is 10.0. The fourth-order valence-corrected chi connectivity index (χ4v) is 1.22. The van der Waals surface area contributed by atoms with Gasteiger partial charge in [0, 0.05) is 13.1 Å². The Kier molecular flexibility index (Phi) is 2.29. The van der Waals surface area contributed by atoms with Crippen LogP contribution in [0.25, 0.3) is 0 Å². The molecule has 1 aliphatic heterocycles. The third-order valence-corrected chi connectivity index (χ3v) is 1.79. The van der Waals surface area contributed by atoms with Gasteiger partial charge in [-0.2, -0.15) is 0 Å². The standard InChI is InChI=1S/C8H15N/c1-3-8-4-7(2)5-9-6-8/h4,7,9H,3,5-6H2,1-2H3/t7-/m1/s1. The molecule has 9 heavy (non-hydrogen) atoms. The van der Waals surface area contributed by atoms with Crippen LogP contribution in [0.2, 0.25) is 0 Å². The Morgan fingerprint density at radius 2 is 2.56 bits per heavy atom. The Hall–Kier alpha value is -0.300. The van der Waals surface area contributed by atoms with E-state index >= 15 is 0 Å². The number of hydrogen-bond acceptors (Lipinski definition) is 1. The second-order valence-electron chi connectivity index (χ2n) is 2.79. The highest BCUT2D eigenvalue weighted by molar-refractivity contribution is 5.08. The van der Waals surface area contributed by atoms with Crippen LogP contribution in [-0.4, -0.2) is 13.1 Å². The van der Waals surface area contributed by atoms with Gasteiger partial charge in [-0.15, -0.1) is 0 Å². The van der Waals surface area contributed by atoms with E-state index in [1.54, 1.807) is 5.57 Å². The molecule has 1 nitrogen and oxygen atoms in total. The first kappa shape index (κ1) is 6.81. The van der Waals surface area contributed by atoms with Crippen LogP contribution in [0.4, 0.5) is 0 Å². The molecule has 0 saturated carbocycles. The van der Waals surface area contributed by atoms with E-state index < -0.39 is 0 Å². The van der Waals surface area contributed by atoms with Gasteiger partial charge in [0.2, 0.25) is 0 Å². The smallest absolute Gasteiger partial charge is 0.0164 e. The summed E-state index contributed by atoms with van der Waals surface area (Å²) in [5.41, 5.74) is 1.56. The summed E-state index contributed by atoms with van der Waals surface area (Å²) in [6.07, 6.45) is 3.59. The molecular weight excluding hydrogens is 110 g/mol. The lowest BCUT2D eigenvalue weighted by Gasteiger charge is -2.17. The normalized spacial score (nSPS) is 27.8. The predicted molar refractivity (Wildman–Crippen MR) is 40.4 cm³/mol. The van der Waals surface area contributed by atoms with Crippen molar-refractivity contribution in [1.29, 1.82) is 0 Å². The van der Waals surface area contributed by atoms with E-state index in [9.17, 15) is 0 Å². The van der Waals surface area contributed by atoms with Crippen LogP contribution in [0.5, 0.6) is 0 Å². The molecule has 0 aromatic heterocycles. The van der Waals surface area contributed by atoms with E-state index in [0.717, 1.165) is 19.0 Å². The molecule has 0 saturated heterocycles. The Morgan fingerprint density at radius 1 is 1.78 bits per heavy atom. The summed E-state index contributed by atoms with van der Waals surface area (Å²) >= 11 is 0. The van der Waals surface area contributed by atoms with Gasteiger partial charge in [0.25, 0.3) is 0 Å². The maximum Gasteiger partial charge on any atom is 0.0164 e. The Labute approximate surface area is 57.1 Å². The molecule has 0 spiro atoms. The minimum absolute atomic E-state index is 0.744. The van der Waals surface area contributed by atoms with Gasteiger partial charge in [-0.05, 0) is 12.3 Å². The molecule has 0 amide bonds. The van der Waals surface area contributed by atoms with Gasteiger partial charge >= 0.3 is 0 Å². The van der Waals surface area contributed by atoms with Gasteiger partial charge in [0.05, 0.1) is 0 Å². The first-order valence-corrected chi connectivity index (χ1v) is 3.73. The van der Waals surface area contributed by atoms with E-state index in [2.05, 4.69) is 25.2 Å².